The van der Waals surface area contributed by atoms with Crippen LogP contribution in [0.3, 0.4) is 0 Å². The molecule has 0 radical (unpaired) electrons. The topological polar surface area (TPSA) is 40.9 Å². The van der Waals surface area contributed by atoms with Gasteiger partial charge in [0.05, 0.1) is 6.42 Å². The van der Waals surface area contributed by atoms with Crippen LogP contribution in [-0.4, -0.2) is 11.5 Å². The van der Waals surface area contributed by atoms with Gasteiger partial charge in [-0.1, -0.05) is 0 Å². The van der Waals surface area contributed by atoms with Crippen molar-refractivity contribution in [2.75, 3.05) is 0 Å². The van der Waals surface area contributed by atoms with Gasteiger partial charge in [-0.05, 0) is 11.6 Å². The highest BCUT2D eigenvalue weighted by Gasteiger charge is 1.85. The highest BCUT2D eigenvalue weighted by atomic mass is 35.5. The maximum atomic E-state index is 9.66. The summed E-state index contributed by atoms with van der Waals surface area (Å²) in [5.41, 5.74) is 0. The van der Waals surface area contributed by atoms with Gasteiger partial charge in [0.25, 0.3) is 0 Å². The molecule has 0 atom stereocenters. The van der Waals surface area contributed by atoms with Crippen LogP contribution in [0.1, 0.15) is 6.42 Å². The van der Waals surface area contributed by atoms with Gasteiger partial charge in [0.1, 0.15) is 0 Å². The Kier molecular flexibility index (Phi) is 2.67. The lowest BCUT2D eigenvalue weighted by Gasteiger charge is -1.70. The van der Waals surface area contributed by atoms with Crippen molar-refractivity contribution in [3.63, 3.8) is 0 Å². The molecular formula is C3H4ClNO. The van der Waals surface area contributed by atoms with E-state index < -0.39 is 5.24 Å². The lowest BCUT2D eigenvalue weighted by atomic mass is 10.5. The Morgan fingerprint density at radius 2 is 2.50 bits per heavy atom. The molecule has 0 spiro atoms. The molecule has 6 heavy (non-hydrogen) atoms. The van der Waals surface area contributed by atoms with Crippen molar-refractivity contribution in [3.05, 3.63) is 0 Å². The van der Waals surface area contributed by atoms with Crippen LogP contribution in [0.4, 0.5) is 0 Å². The van der Waals surface area contributed by atoms with E-state index in [1.807, 2.05) is 0 Å². The summed E-state index contributed by atoms with van der Waals surface area (Å²) in [5, 5.41) is 5.82. The number of halogens is 1. The van der Waals surface area contributed by atoms with Gasteiger partial charge < -0.3 is 5.41 Å². The van der Waals surface area contributed by atoms with Crippen molar-refractivity contribution in [2.45, 2.75) is 6.42 Å². The van der Waals surface area contributed by atoms with Crippen LogP contribution < -0.4 is 0 Å². The minimum Gasteiger partial charge on any atom is -0.313 e. The van der Waals surface area contributed by atoms with E-state index in [4.69, 9.17) is 17.0 Å². The first-order valence-corrected chi connectivity index (χ1v) is 1.82. The first kappa shape index (κ1) is 5.63. The molecular weight excluding hydrogens is 101 g/mol. The maximum Gasteiger partial charge on any atom is 0.226 e. The number of carbonyl (C=O) groups excluding carboxylic acids is 1. The van der Waals surface area contributed by atoms with Gasteiger partial charge in [0.15, 0.2) is 0 Å². The highest BCUT2D eigenvalue weighted by molar-refractivity contribution is 6.64. The molecule has 0 heterocycles. The molecule has 1 N–H and O–H groups in total. The lowest BCUT2D eigenvalue weighted by Crippen LogP contribution is -1.82. The molecule has 0 aromatic heterocycles. The van der Waals surface area contributed by atoms with Crippen LogP contribution in [-0.2, 0) is 4.79 Å². The lowest BCUT2D eigenvalue weighted by molar-refractivity contribution is -0.110. The first-order chi connectivity index (χ1) is 2.77. The van der Waals surface area contributed by atoms with E-state index in [9.17, 15) is 4.79 Å². The van der Waals surface area contributed by atoms with Gasteiger partial charge in [-0.25, -0.2) is 0 Å². The first-order valence-electron chi connectivity index (χ1n) is 1.44. The highest BCUT2D eigenvalue weighted by Crippen LogP contribution is 1.80. The molecule has 0 fully saturated rings. The van der Waals surface area contributed by atoms with Crippen molar-refractivity contribution in [1.29, 1.82) is 5.41 Å². The zero-order chi connectivity index (χ0) is 4.99. The Balaban J connectivity index is 3.05. The quantitative estimate of drug-likeness (QED) is 0.409. The van der Waals surface area contributed by atoms with E-state index in [0.717, 1.165) is 6.21 Å². The van der Waals surface area contributed by atoms with Crippen molar-refractivity contribution in [2.24, 2.45) is 0 Å². The number of hydrogen-bond donors (Lipinski definition) is 1. The van der Waals surface area contributed by atoms with Crippen LogP contribution in [0, 0.1) is 5.41 Å². The molecule has 0 aromatic rings. The Morgan fingerprint density at radius 3 is 2.50 bits per heavy atom. The summed E-state index contributed by atoms with van der Waals surface area (Å²) >= 11 is 4.79. The number of nitrogens with one attached hydrogen (secondary N) is 1. The molecule has 0 rings (SSSR count). The van der Waals surface area contributed by atoms with Gasteiger partial charge in [0, 0.05) is 6.21 Å². The van der Waals surface area contributed by atoms with Crippen LogP contribution >= 0.6 is 11.6 Å². The number of rotatable bonds is 2. The summed E-state index contributed by atoms with van der Waals surface area (Å²) in [6, 6.07) is 0. The molecule has 0 saturated carbocycles. The van der Waals surface area contributed by atoms with Crippen LogP contribution in [0.5, 0.6) is 0 Å². The third kappa shape index (κ3) is 3.63. The normalized spacial score (nSPS) is 7.50. The van der Waals surface area contributed by atoms with Gasteiger partial charge in [0.2, 0.25) is 5.24 Å². The molecule has 0 aliphatic heterocycles. The summed E-state index contributed by atoms with van der Waals surface area (Å²) < 4.78 is 0. The monoisotopic (exact) mass is 105 g/mol. The summed E-state index contributed by atoms with van der Waals surface area (Å²) in [7, 11) is 0. The molecule has 0 bridgehead atoms. The number of hydrogen-bond acceptors (Lipinski definition) is 2. The van der Waals surface area contributed by atoms with Crippen molar-refractivity contribution in [1.82, 2.24) is 0 Å². The van der Waals surface area contributed by atoms with E-state index in [1.54, 1.807) is 0 Å². The summed E-state index contributed by atoms with van der Waals surface area (Å²) in [6.07, 6.45) is 1.01. The van der Waals surface area contributed by atoms with Gasteiger partial charge in [-0.3, -0.25) is 4.79 Å². The predicted octanol–water partition coefficient (Wildman–Crippen LogP) is 0.791. The number of carbonyl (C=O) groups is 1. The van der Waals surface area contributed by atoms with E-state index in [-0.39, 0.29) is 6.42 Å². The van der Waals surface area contributed by atoms with E-state index >= 15 is 0 Å². The van der Waals surface area contributed by atoms with E-state index in [2.05, 4.69) is 0 Å². The van der Waals surface area contributed by atoms with E-state index in [0.29, 0.717) is 0 Å². The summed E-state index contributed by atoms with van der Waals surface area (Å²) in [6.45, 7) is 0. The van der Waals surface area contributed by atoms with Gasteiger partial charge in [-0.15, -0.1) is 0 Å². The van der Waals surface area contributed by atoms with Gasteiger partial charge in [-0.2, -0.15) is 0 Å². The molecule has 0 saturated heterocycles. The van der Waals surface area contributed by atoms with E-state index in [1.165, 1.54) is 0 Å². The Bertz CT molecular complexity index is 71.2. The predicted molar refractivity (Wildman–Crippen MR) is 24.3 cm³/mol. The third-order valence-electron chi connectivity index (χ3n) is 0.263. The standard InChI is InChI=1S/C3H4ClNO/c4-3(6)1-2-5/h2,5H,1H2. The van der Waals surface area contributed by atoms with Crippen molar-refractivity contribution >= 4 is 23.1 Å². The largest absolute Gasteiger partial charge is 0.313 e. The second-order valence-corrected chi connectivity index (χ2v) is 1.18. The van der Waals surface area contributed by atoms with Crippen molar-refractivity contribution < 1.29 is 4.79 Å². The van der Waals surface area contributed by atoms with Crippen molar-refractivity contribution in [3.8, 4) is 0 Å². The SMILES string of the molecule is N=CCC(=O)Cl. The minimum atomic E-state index is -0.481. The average molecular weight is 106 g/mol. The molecule has 3 heteroatoms. The second-order valence-electron chi connectivity index (χ2n) is 0.763. The molecule has 34 valence electrons. The Hall–Kier alpha value is -0.370. The molecule has 0 aliphatic rings. The van der Waals surface area contributed by atoms with Crippen LogP contribution in [0.2, 0.25) is 0 Å². The smallest absolute Gasteiger partial charge is 0.226 e. The molecule has 0 aromatic carbocycles. The summed E-state index contributed by atoms with van der Waals surface area (Å²) in [4.78, 5) is 9.66. The molecule has 0 amide bonds. The molecule has 0 aliphatic carbocycles. The van der Waals surface area contributed by atoms with Gasteiger partial charge >= 0.3 is 0 Å². The Morgan fingerprint density at radius 1 is 2.00 bits per heavy atom. The second kappa shape index (κ2) is 2.85. The maximum absolute atomic E-state index is 9.66. The molecule has 2 nitrogen and oxygen atoms in total. The molecule has 0 unspecified atom stereocenters. The fourth-order valence-electron chi connectivity index (χ4n) is 0.0802. The summed E-state index contributed by atoms with van der Waals surface area (Å²) in [5.74, 6) is 0. The van der Waals surface area contributed by atoms with Crippen LogP contribution in [0.15, 0.2) is 0 Å². The zero-order valence-electron chi connectivity index (χ0n) is 3.07. The minimum absolute atomic E-state index is 0.0432. The van der Waals surface area contributed by atoms with Crippen LogP contribution in [0.25, 0.3) is 0 Å². The average Bonchev–Trinajstić information content (AvgIpc) is 1.35. The Labute approximate surface area is 40.6 Å². The zero-order valence-corrected chi connectivity index (χ0v) is 3.83. The third-order valence-corrected chi connectivity index (χ3v) is 0.417. The fourth-order valence-corrected chi connectivity index (χ4v) is 0.157. The fraction of sp³-hybridized carbons (Fsp3) is 0.333.